The largest absolute Gasteiger partial charge is 0.490 e. The molecule has 23 heavy (non-hydrogen) atoms. The van der Waals surface area contributed by atoms with E-state index in [1.807, 2.05) is 45.4 Å². The summed E-state index contributed by atoms with van der Waals surface area (Å²) in [5.74, 6) is 1.43. The zero-order valence-corrected chi connectivity index (χ0v) is 14.9. The number of aryl methyl sites for hydroxylation is 1. The first kappa shape index (κ1) is 17.6. The lowest BCUT2D eigenvalue weighted by atomic mass is 10.1. The molecule has 0 fully saturated rings. The zero-order valence-electron chi connectivity index (χ0n) is 14.2. The monoisotopic (exact) mass is 337 g/mol. The van der Waals surface area contributed by atoms with E-state index in [-0.39, 0.29) is 0 Å². The summed E-state index contributed by atoms with van der Waals surface area (Å²) < 4.78 is 13.1. The van der Waals surface area contributed by atoms with Gasteiger partial charge < -0.3 is 9.47 Å². The number of hydrogen-bond donors (Lipinski definition) is 0. The Kier molecular flexibility index (Phi) is 6.30. The molecule has 1 aromatic heterocycles. The summed E-state index contributed by atoms with van der Waals surface area (Å²) in [6, 6.07) is 3.81. The van der Waals surface area contributed by atoms with E-state index < -0.39 is 0 Å². The van der Waals surface area contributed by atoms with Crippen LogP contribution in [0.3, 0.4) is 0 Å². The molecule has 0 N–H and O–H groups in total. The van der Waals surface area contributed by atoms with Gasteiger partial charge in [-0.15, -0.1) is 0 Å². The Balaban J connectivity index is 2.13. The molecule has 5 nitrogen and oxygen atoms in total. The Morgan fingerprint density at radius 1 is 1.13 bits per heavy atom. The molecule has 2 aromatic rings. The molecule has 0 saturated carbocycles. The number of nitrogens with zero attached hydrogens (tertiary/aromatic N) is 3. The molecule has 0 amide bonds. The van der Waals surface area contributed by atoms with Crippen LogP contribution in [0.2, 0.25) is 5.02 Å². The molecule has 0 spiro atoms. The summed E-state index contributed by atoms with van der Waals surface area (Å²) in [5, 5.41) is 4.88. The predicted octanol–water partition coefficient (Wildman–Crippen LogP) is 3.50. The molecule has 0 aliphatic rings. The molecule has 0 saturated heterocycles. The summed E-state index contributed by atoms with van der Waals surface area (Å²) in [7, 11) is 3.97. The summed E-state index contributed by atoms with van der Waals surface area (Å²) in [6.07, 6.45) is 3.89. The molecule has 1 heterocycles. The van der Waals surface area contributed by atoms with Crippen molar-refractivity contribution >= 4 is 11.6 Å². The van der Waals surface area contributed by atoms with Crippen molar-refractivity contribution in [2.24, 2.45) is 7.05 Å². The Hall–Kier alpha value is -1.72. The lowest BCUT2D eigenvalue weighted by Crippen LogP contribution is -2.17. The fourth-order valence-electron chi connectivity index (χ4n) is 2.45. The first-order valence-corrected chi connectivity index (χ1v) is 8.15. The van der Waals surface area contributed by atoms with Gasteiger partial charge in [-0.2, -0.15) is 5.10 Å². The Morgan fingerprint density at radius 2 is 1.78 bits per heavy atom. The van der Waals surface area contributed by atoms with Crippen molar-refractivity contribution in [2.45, 2.75) is 26.9 Å². The molecule has 0 aliphatic carbocycles. The number of aromatic nitrogens is 2. The van der Waals surface area contributed by atoms with Crippen LogP contribution in [0.1, 0.15) is 25.0 Å². The Morgan fingerprint density at radius 3 is 2.35 bits per heavy atom. The summed E-state index contributed by atoms with van der Waals surface area (Å²) >= 11 is 6.41. The van der Waals surface area contributed by atoms with E-state index in [0.717, 1.165) is 24.4 Å². The van der Waals surface area contributed by atoms with Gasteiger partial charge in [0.15, 0.2) is 11.5 Å². The quantitative estimate of drug-likeness (QED) is 0.739. The third kappa shape index (κ3) is 4.88. The lowest BCUT2D eigenvalue weighted by molar-refractivity contribution is 0.285. The molecule has 126 valence electrons. The number of hydrogen-bond acceptors (Lipinski definition) is 4. The maximum atomic E-state index is 6.41. The predicted molar refractivity (Wildman–Crippen MR) is 92.2 cm³/mol. The second kappa shape index (κ2) is 8.22. The fraction of sp³-hybridized carbons (Fsp3) is 0.471. The van der Waals surface area contributed by atoms with Crippen LogP contribution in [0.25, 0.3) is 0 Å². The van der Waals surface area contributed by atoms with E-state index >= 15 is 0 Å². The minimum Gasteiger partial charge on any atom is -0.490 e. The summed E-state index contributed by atoms with van der Waals surface area (Å²) in [4.78, 5) is 2.19. The zero-order chi connectivity index (χ0) is 16.8. The van der Waals surface area contributed by atoms with Crippen molar-refractivity contribution in [1.82, 2.24) is 14.7 Å². The minimum absolute atomic E-state index is 0.580. The fourth-order valence-corrected chi connectivity index (χ4v) is 2.66. The lowest BCUT2D eigenvalue weighted by Gasteiger charge is -2.19. The molecule has 1 aromatic carbocycles. The maximum Gasteiger partial charge on any atom is 0.162 e. The number of rotatable bonds is 8. The molecule has 0 radical (unpaired) electrons. The smallest absolute Gasteiger partial charge is 0.162 e. The van der Waals surface area contributed by atoms with Crippen molar-refractivity contribution in [3.63, 3.8) is 0 Å². The van der Waals surface area contributed by atoms with Crippen LogP contribution in [0.5, 0.6) is 11.5 Å². The first-order chi connectivity index (χ1) is 11.0. The number of halogens is 1. The minimum atomic E-state index is 0.580. The van der Waals surface area contributed by atoms with Gasteiger partial charge in [0.2, 0.25) is 0 Å². The maximum absolute atomic E-state index is 6.41. The third-order valence-electron chi connectivity index (χ3n) is 3.36. The van der Waals surface area contributed by atoms with Gasteiger partial charge in [-0.05, 0) is 32.5 Å². The van der Waals surface area contributed by atoms with Crippen LogP contribution in [0.15, 0.2) is 24.5 Å². The van der Waals surface area contributed by atoms with Gasteiger partial charge in [0.25, 0.3) is 0 Å². The van der Waals surface area contributed by atoms with Crippen molar-refractivity contribution in [3.05, 3.63) is 40.7 Å². The van der Waals surface area contributed by atoms with E-state index in [1.165, 1.54) is 5.56 Å². The highest BCUT2D eigenvalue weighted by Crippen LogP contribution is 2.34. The van der Waals surface area contributed by atoms with E-state index in [1.54, 1.807) is 4.68 Å². The van der Waals surface area contributed by atoms with E-state index in [0.29, 0.717) is 24.0 Å². The van der Waals surface area contributed by atoms with Crippen molar-refractivity contribution in [3.8, 4) is 11.5 Å². The molecule has 0 atom stereocenters. The van der Waals surface area contributed by atoms with Gasteiger partial charge in [-0.3, -0.25) is 9.58 Å². The third-order valence-corrected chi connectivity index (χ3v) is 3.72. The average molecular weight is 338 g/mol. The van der Waals surface area contributed by atoms with Crippen LogP contribution in [0, 0.1) is 0 Å². The number of ether oxygens (including phenoxy) is 2. The molecular weight excluding hydrogens is 314 g/mol. The molecule has 0 unspecified atom stereocenters. The van der Waals surface area contributed by atoms with Gasteiger partial charge in [0, 0.05) is 43.0 Å². The van der Waals surface area contributed by atoms with Gasteiger partial charge in [-0.1, -0.05) is 11.6 Å². The van der Waals surface area contributed by atoms with E-state index in [2.05, 4.69) is 17.0 Å². The average Bonchev–Trinajstić information content (AvgIpc) is 2.89. The molecule has 2 rings (SSSR count). The van der Waals surface area contributed by atoms with E-state index in [9.17, 15) is 0 Å². The number of benzene rings is 1. The molecule has 0 aliphatic heterocycles. The van der Waals surface area contributed by atoms with Gasteiger partial charge >= 0.3 is 0 Å². The highest BCUT2D eigenvalue weighted by molar-refractivity contribution is 6.31. The van der Waals surface area contributed by atoms with Crippen molar-refractivity contribution in [1.29, 1.82) is 0 Å². The van der Waals surface area contributed by atoms with Crippen LogP contribution in [-0.2, 0) is 20.1 Å². The van der Waals surface area contributed by atoms with Crippen LogP contribution in [-0.4, -0.2) is 34.9 Å². The van der Waals surface area contributed by atoms with Crippen LogP contribution < -0.4 is 9.47 Å². The van der Waals surface area contributed by atoms with E-state index in [4.69, 9.17) is 21.1 Å². The molecule has 6 heteroatoms. The molecule has 0 bridgehead atoms. The normalized spacial score (nSPS) is 11.0. The van der Waals surface area contributed by atoms with Crippen molar-refractivity contribution in [2.75, 3.05) is 20.3 Å². The van der Waals surface area contributed by atoms with Crippen molar-refractivity contribution < 1.29 is 9.47 Å². The topological polar surface area (TPSA) is 39.5 Å². The standard InChI is InChI=1S/C17H24ClN3O2/c1-5-22-16-7-14(15(18)8-17(16)23-6-2)12-20(3)10-13-9-19-21(4)11-13/h7-9,11H,5-6,10,12H2,1-4H3. The first-order valence-electron chi connectivity index (χ1n) is 7.77. The second-order valence-corrected chi connectivity index (χ2v) is 5.86. The highest BCUT2D eigenvalue weighted by atomic mass is 35.5. The van der Waals surface area contributed by atoms with Gasteiger partial charge in [0.05, 0.1) is 19.4 Å². The van der Waals surface area contributed by atoms with Crippen LogP contribution >= 0.6 is 11.6 Å². The highest BCUT2D eigenvalue weighted by Gasteiger charge is 2.13. The second-order valence-electron chi connectivity index (χ2n) is 5.45. The molecular formula is C17H24ClN3O2. The summed E-state index contributed by atoms with van der Waals surface area (Å²) in [5.41, 5.74) is 2.19. The Labute approximate surface area is 142 Å². The van der Waals surface area contributed by atoms with Gasteiger partial charge in [-0.25, -0.2) is 0 Å². The van der Waals surface area contributed by atoms with Crippen LogP contribution in [0.4, 0.5) is 0 Å². The van der Waals surface area contributed by atoms with Gasteiger partial charge in [0.1, 0.15) is 0 Å². The SMILES string of the molecule is CCOc1cc(Cl)c(CN(C)Cc2cnn(C)c2)cc1OCC. The summed E-state index contributed by atoms with van der Waals surface area (Å²) in [6.45, 7) is 6.60. The Bertz CT molecular complexity index is 643.